The van der Waals surface area contributed by atoms with Crippen molar-refractivity contribution in [3.63, 3.8) is 0 Å². The Balaban J connectivity index is 3.11. The molecule has 5 nitrogen and oxygen atoms in total. The van der Waals surface area contributed by atoms with Crippen LogP contribution in [0.4, 0.5) is 17.3 Å². The predicted molar refractivity (Wildman–Crippen MR) is 64.3 cm³/mol. The lowest BCUT2D eigenvalue weighted by Gasteiger charge is -2.22. The molecule has 0 aliphatic carbocycles. The number of anilines is 3. The van der Waals surface area contributed by atoms with Crippen LogP contribution in [0.25, 0.3) is 0 Å². The second-order valence-electron chi connectivity index (χ2n) is 3.46. The largest absolute Gasteiger partial charge is 0.393 e. The molecule has 2 N–H and O–H groups in total. The Kier molecular flexibility index (Phi) is 3.71. The van der Waals surface area contributed by atoms with Gasteiger partial charge in [-0.3, -0.25) is 0 Å². The highest BCUT2D eigenvalue weighted by Gasteiger charge is 2.12. The number of hydrogen-bond donors (Lipinski definition) is 1. The number of nitrogen functional groups attached to an aromatic ring is 1. The van der Waals surface area contributed by atoms with E-state index >= 15 is 0 Å². The van der Waals surface area contributed by atoms with Crippen molar-refractivity contribution in [3.05, 3.63) is 6.33 Å². The van der Waals surface area contributed by atoms with Gasteiger partial charge in [-0.15, -0.1) is 0 Å². The molecule has 15 heavy (non-hydrogen) atoms. The first-order valence-electron chi connectivity index (χ1n) is 5.14. The fraction of sp³-hybridized carbons (Fsp3) is 0.600. The fourth-order valence-corrected chi connectivity index (χ4v) is 1.29. The minimum atomic E-state index is 0.645. The van der Waals surface area contributed by atoms with Crippen molar-refractivity contribution in [2.24, 2.45) is 0 Å². The normalized spacial score (nSPS) is 10.1. The molecule has 0 fully saturated rings. The highest BCUT2D eigenvalue weighted by Crippen LogP contribution is 2.26. The van der Waals surface area contributed by atoms with Crippen molar-refractivity contribution >= 4 is 17.3 Å². The van der Waals surface area contributed by atoms with Crippen LogP contribution in [0.5, 0.6) is 0 Å². The molecule has 1 aromatic rings. The van der Waals surface area contributed by atoms with E-state index < -0.39 is 0 Å². The molecule has 0 aliphatic rings. The van der Waals surface area contributed by atoms with Crippen molar-refractivity contribution in [1.29, 1.82) is 0 Å². The monoisotopic (exact) mass is 209 g/mol. The number of nitrogens with zero attached hydrogens (tertiary/aromatic N) is 4. The van der Waals surface area contributed by atoms with Gasteiger partial charge in [0.05, 0.1) is 0 Å². The zero-order valence-electron chi connectivity index (χ0n) is 9.86. The molecule has 0 amide bonds. The minimum Gasteiger partial charge on any atom is -0.393 e. The van der Waals surface area contributed by atoms with Crippen LogP contribution < -0.4 is 15.5 Å². The maximum Gasteiger partial charge on any atom is 0.157 e. The minimum absolute atomic E-state index is 0.645. The summed E-state index contributed by atoms with van der Waals surface area (Å²) in [4.78, 5) is 12.4. The number of aromatic nitrogens is 2. The molecule has 0 unspecified atom stereocenters. The lowest BCUT2D eigenvalue weighted by atomic mass is 10.3. The number of rotatable bonds is 4. The lowest BCUT2D eigenvalue weighted by Crippen LogP contribution is -2.23. The molecule has 0 aromatic carbocycles. The van der Waals surface area contributed by atoms with Crippen LogP contribution in [0, 0.1) is 0 Å². The van der Waals surface area contributed by atoms with Gasteiger partial charge in [-0.2, -0.15) is 0 Å². The van der Waals surface area contributed by atoms with Gasteiger partial charge in [0.1, 0.15) is 12.0 Å². The van der Waals surface area contributed by atoms with E-state index in [0.29, 0.717) is 5.69 Å². The Bertz CT molecular complexity index is 297. The Hall–Kier alpha value is -1.52. The Morgan fingerprint density at radius 1 is 1.07 bits per heavy atom. The van der Waals surface area contributed by atoms with E-state index in [4.69, 9.17) is 5.73 Å². The summed E-state index contributed by atoms with van der Waals surface area (Å²) in [5.74, 6) is 1.59. The predicted octanol–water partition coefficient (Wildman–Crippen LogP) is 0.971. The van der Waals surface area contributed by atoms with Gasteiger partial charge in [-0.1, -0.05) is 0 Å². The Morgan fingerprint density at radius 2 is 1.47 bits per heavy atom. The maximum absolute atomic E-state index is 6.03. The van der Waals surface area contributed by atoms with Crippen molar-refractivity contribution in [2.75, 3.05) is 42.7 Å². The first-order valence-corrected chi connectivity index (χ1v) is 5.14. The van der Waals surface area contributed by atoms with E-state index in [2.05, 4.69) is 23.8 Å². The summed E-state index contributed by atoms with van der Waals surface area (Å²) in [6.07, 6.45) is 1.55. The lowest BCUT2D eigenvalue weighted by molar-refractivity contribution is 0.903. The smallest absolute Gasteiger partial charge is 0.157 e. The number of nitrogens with two attached hydrogens (primary N) is 1. The van der Waals surface area contributed by atoms with E-state index in [0.717, 1.165) is 24.7 Å². The molecule has 1 rings (SSSR count). The standard InChI is InChI=1S/C10H19N5/c1-5-14(3)9-8(11)10(13-7-12-9)15(4)6-2/h7H,5-6,11H2,1-4H3. The Labute approximate surface area is 90.9 Å². The summed E-state index contributed by atoms with van der Waals surface area (Å²) in [5, 5.41) is 0. The van der Waals surface area contributed by atoms with E-state index in [1.54, 1.807) is 6.33 Å². The summed E-state index contributed by atoms with van der Waals surface area (Å²) in [6.45, 7) is 5.86. The highest BCUT2D eigenvalue weighted by molar-refractivity contribution is 5.75. The van der Waals surface area contributed by atoms with Crippen LogP contribution in [0.1, 0.15) is 13.8 Å². The van der Waals surface area contributed by atoms with Crippen molar-refractivity contribution in [3.8, 4) is 0 Å². The summed E-state index contributed by atoms with van der Waals surface area (Å²) in [7, 11) is 3.93. The van der Waals surface area contributed by atoms with Gasteiger partial charge in [0.2, 0.25) is 0 Å². The van der Waals surface area contributed by atoms with Crippen LogP contribution >= 0.6 is 0 Å². The van der Waals surface area contributed by atoms with Crippen molar-refractivity contribution in [1.82, 2.24) is 9.97 Å². The number of hydrogen-bond acceptors (Lipinski definition) is 5. The molecule has 84 valence electrons. The average molecular weight is 209 g/mol. The van der Waals surface area contributed by atoms with Gasteiger partial charge in [0.15, 0.2) is 11.6 Å². The quantitative estimate of drug-likeness (QED) is 0.800. The molecule has 0 radical (unpaired) electrons. The van der Waals surface area contributed by atoms with Gasteiger partial charge in [-0.25, -0.2) is 9.97 Å². The molecule has 1 heterocycles. The molecule has 0 saturated carbocycles. The summed E-state index contributed by atoms with van der Waals surface area (Å²) in [5.41, 5.74) is 6.67. The molecule has 5 heteroatoms. The zero-order chi connectivity index (χ0) is 11.4. The topological polar surface area (TPSA) is 58.3 Å². The van der Waals surface area contributed by atoms with Gasteiger partial charge >= 0.3 is 0 Å². The third kappa shape index (κ3) is 2.29. The second-order valence-corrected chi connectivity index (χ2v) is 3.46. The fourth-order valence-electron chi connectivity index (χ4n) is 1.29. The van der Waals surface area contributed by atoms with Crippen LogP contribution in [0.2, 0.25) is 0 Å². The maximum atomic E-state index is 6.03. The molecular weight excluding hydrogens is 190 g/mol. The summed E-state index contributed by atoms with van der Waals surface area (Å²) < 4.78 is 0. The van der Waals surface area contributed by atoms with Crippen LogP contribution in [0.3, 0.4) is 0 Å². The van der Waals surface area contributed by atoms with Crippen molar-refractivity contribution in [2.45, 2.75) is 13.8 Å². The third-order valence-corrected chi connectivity index (χ3v) is 2.51. The van der Waals surface area contributed by atoms with Crippen LogP contribution in [-0.4, -0.2) is 37.2 Å². The molecule has 1 aromatic heterocycles. The van der Waals surface area contributed by atoms with Crippen LogP contribution in [-0.2, 0) is 0 Å². The molecular formula is C10H19N5. The second kappa shape index (κ2) is 4.82. The first-order chi connectivity index (χ1) is 7.11. The molecule has 0 aliphatic heterocycles. The van der Waals surface area contributed by atoms with E-state index in [1.165, 1.54) is 0 Å². The first kappa shape index (κ1) is 11.6. The summed E-state index contributed by atoms with van der Waals surface area (Å²) in [6, 6.07) is 0. The molecule has 0 spiro atoms. The molecule has 0 bridgehead atoms. The van der Waals surface area contributed by atoms with Crippen molar-refractivity contribution < 1.29 is 0 Å². The van der Waals surface area contributed by atoms with Gasteiger partial charge < -0.3 is 15.5 Å². The van der Waals surface area contributed by atoms with E-state index in [9.17, 15) is 0 Å². The zero-order valence-corrected chi connectivity index (χ0v) is 9.86. The SMILES string of the molecule is CCN(C)c1ncnc(N(C)CC)c1N. The van der Waals surface area contributed by atoms with E-state index in [1.807, 2.05) is 23.9 Å². The van der Waals surface area contributed by atoms with E-state index in [-0.39, 0.29) is 0 Å². The Morgan fingerprint density at radius 3 is 1.80 bits per heavy atom. The van der Waals surface area contributed by atoms with Gasteiger partial charge in [0, 0.05) is 27.2 Å². The molecule has 0 saturated heterocycles. The van der Waals surface area contributed by atoms with Gasteiger partial charge in [0.25, 0.3) is 0 Å². The summed E-state index contributed by atoms with van der Waals surface area (Å²) >= 11 is 0. The molecule has 0 atom stereocenters. The highest BCUT2D eigenvalue weighted by atomic mass is 15.2. The van der Waals surface area contributed by atoms with Crippen LogP contribution in [0.15, 0.2) is 6.33 Å². The van der Waals surface area contributed by atoms with Gasteiger partial charge in [-0.05, 0) is 13.8 Å². The average Bonchev–Trinajstić information content (AvgIpc) is 2.27. The third-order valence-electron chi connectivity index (χ3n) is 2.51.